The molecule has 1 heterocycles. The SMILES string of the molecule is Cc1ccc(C(=O)N2CCC(C)C2CO)c(C#CCN)c1. The number of aryl methyl sites for hydroxylation is 1. The summed E-state index contributed by atoms with van der Waals surface area (Å²) >= 11 is 0. The van der Waals surface area contributed by atoms with E-state index in [-0.39, 0.29) is 25.1 Å². The quantitative estimate of drug-likeness (QED) is 0.801. The number of aliphatic hydroxyl groups excluding tert-OH is 1. The van der Waals surface area contributed by atoms with Crippen LogP contribution in [0.1, 0.15) is 34.8 Å². The number of nitrogens with two attached hydrogens (primary N) is 1. The van der Waals surface area contributed by atoms with Gasteiger partial charge in [0.05, 0.1) is 24.8 Å². The van der Waals surface area contributed by atoms with Gasteiger partial charge >= 0.3 is 0 Å². The van der Waals surface area contributed by atoms with Gasteiger partial charge in [0.25, 0.3) is 5.91 Å². The van der Waals surface area contributed by atoms with Crippen molar-refractivity contribution < 1.29 is 9.90 Å². The van der Waals surface area contributed by atoms with Crippen molar-refractivity contribution in [2.24, 2.45) is 11.7 Å². The minimum atomic E-state index is -0.103. The number of rotatable bonds is 2. The third kappa shape index (κ3) is 3.26. The minimum absolute atomic E-state index is 0.00256. The maximum absolute atomic E-state index is 12.8. The maximum Gasteiger partial charge on any atom is 0.255 e. The highest BCUT2D eigenvalue weighted by Gasteiger charge is 2.34. The molecule has 0 bridgehead atoms. The Balaban J connectivity index is 2.35. The molecule has 0 aliphatic carbocycles. The van der Waals surface area contributed by atoms with Crippen molar-refractivity contribution in [3.63, 3.8) is 0 Å². The fraction of sp³-hybridized carbons (Fsp3) is 0.471. The molecule has 0 spiro atoms. The van der Waals surface area contributed by atoms with E-state index in [1.807, 2.05) is 25.1 Å². The van der Waals surface area contributed by atoms with E-state index in [1.54, 1.807) is 4.90 Å². The summed E-state index contributed by atoms with van der Waals surface area (Å²) in [6.45, 7) is 4.99. The van der Waals surface area contributed by atoms with Crippen LogP contribution in [0.5, 0.6) is 0 Å². The van der Waals surface area contributed by atoms with E-state index in [0.717, 1.165) is 12.0 Å². The molecule has 1 fully saturated rings. The molecule has 21 heavy (non-hydrogen) atoms. The Kier molecular flexibility index (Phi) is 5.00. The Bertz CT molecular complexity index is 586. The number of hydrogen-bond donors (Lipinski definition) is 2. The molecule has 2 rings (SSSR count). The predicted octanol–water partition coefficient (Wildman–Crippen LogP) is 1.15. The lowest BCUT2D eigenvalue weighted by atomic mass is 10.0. The van der Waals surface area contributed by atoms with Crippen LogP contribution in [-0.2, 0) is 0 Å². The predicted molar refractivity (Wildman–Crippen MR) is 82.8 cm³/mol. The number of hydrogen-bond acceptors (Lipinski definition) is 3. The molecule has 1 saturated heterocycles. The molecule has 3 N–H and O–H groups in total. The van der Waals surface area contributed by atoms with Crippen molar-refractivity contribution in [3.05, 3.63) is 34.9 Å². The van der Waals surface area contributed by atoms with Gasteiger partial charge in [-0.1, -0.05) is 24.8 Å². The Morgan fingerprint density at radius 2 is 2.29 bits per heavy atom. The van der Waals surface area contributed by atoms with Crippen molar-refractivity contribution in [2.45, 2.75) is 26.3 Å². The van der Waals surface area contributed by atoms with Crippen LogP contribution >= 0.6 is 0 Å². The molecule has 4 heteroatoms. The van der Waals surface area contributed by atoms with E-state index in [2.05, 4.69) is 18.8 Å². The molecular formula is C17H22N2O2. The van der Waals surface area contributed by atoms with Crippen LogP contribution in [0.3, 0.4) is 0 Å². The zero-order valence-corrected chi connectivity index (χ0v) is 12.6. The summed E-state index contributed by atoms with van der Waals surface area (Å²) in [7, 11) is 0. The highest BCUT2D eigenvalue weighted by Crippen LogP contribution is 2.26. The first-order valence-corrected chi connectivity index (χ1v) is 7.30. The summed E-state index contributed by atoms with van der Waals surface area (Å²) in [6.07, 6.45) is 0.923. The molecule has 1 aromatic carbocycles. The average molecular weight is 286 g/mol. The summed E-state index contributed by atoms with van der Waals surface area (Å²) < 4.78 is 0. The van der Waals surface area contributed by atoms with E-state index in [0.29, 0.717) is 23.6 Å². The third-order valence-corrected chi connectivity index (χ3v) is 4.06. The number of carbonyl (C=O) groups is 1. The van der Waals surface area contributed by atoms with Gasteiger partial charge in [-0.25, -0.2) is 0 Å². The number of carbonyl (C=O) groups excluding carboxylic acids is 1. The monoisotopic (exact) mass is 286 g/mol. The van der Waals surface area contributed by atoms with Gasteiger partial charge < -0.3 is 15.7 Å². The van der Waals surface area contributed by atoms with Crippen molar-refractivity contribution >= 4 is 5.91 Å². The van der Waals surface area contributed by atoms with Crippen molar-refractivity contribution in [2.75, 3.05) is 19.7 Å². The second kappa shape index (κ2) is 6.75. The first kappa shape index (κ1) is 15.6. The van der Waals surface area contributed by atoms with Gasteiger partial charge in [0.2, 0.25) is 0 Å². The Hall–Kier alpha value is -1.83. The average Bonchev–Trinajstić information content (AvgIpc) is 2.85. The molecule has 1 amide bonds. The van der Waals surface area contributed by atoms with Gasteiger partial charge in [-0.3, -0.25) is 4.79 Å². The lowest BCUT2D eigenvalue weighted by Crippen LogP contribution is -2.40. The lowest BCUT2D eigenvalue weighted by Gasteiger charge is -2.25. The summed E-state index contributed by atoms with van der Waals surface area (Å²) in [4.78, 5) is 14.5. The Labute approximate surface area is 125 Å². The Morgan fingerprint density at radius 1 is 1.52 bits per heavy atom. The van der Waals surface area contributed by atoms with Crippen LogP contribution in [0.15, 0.2) is 18.2 Å². The second-order valence-electron chi connectivity index (χ2n) is 5.57. The fourth-order valence-electron chi connectivity index (χ4n) is 2.79. The summed E-state index contributed by atoms with van der Waals surface area (Å²) in [5, 5.41) is 9.52. The van der Waals surface area contributed by atoms with E-state index in [9.17, 15) is 9.90 Å². The number of nitrogens with zero attached hydrogens (tertiary/aromatic N) is 1. The van der Waals surface area contributed by atoms with Crippen molar-refractivity contribution in [3.8, 4) is 11.8 Å². The molecule has 2 unspecified atom stereocenters. The van der Waals surface area contributed by atoms with Crippen molar-refractivity contribution in [1.82, 2.24) is 4.90 Å². The standard InChI is InChI=1S/C17H22N2O2/c1-12-5-6-15(14(10-12)4-3-8-18)17(21)19-9-7-13(2)16(19)11-20/h5-6,10,13,16,20H,7-9,11,18H2,1-2H3. The molecule has 1 aromatic rings. The second-order valence-corrected chi connectivity index (χ2v) is 5.57. The van der Waals surface area contributed by atoms with Gasteiger partial charge in [-0.15, -0.1) is 0 Å². The van der Waals surface area contributed by atoms with Crippen LogP contribution in [0, 0.1) is 24.7 Å². The topological polar surface area (TPSA) is 66.6 Å². The first-order valence-electron chi connectivity index (χ1n) is 7.30. The zero-order valence-electron chi connectivity index (χ0n) is 12.6. The third-order valence-electron chi connectivity index (χ3n) is 4.06. The molecule has 0 radical (unpaired) electrons. The van der Waals surface area contributed by atoms with Gasteiger partial charge in [-0.05, 0) is 37.0 Å². The molecule has 2 atom stereocenters. The summed E-state index contributed by atoms with van der Waals surface area (Å²) in [5.74, 6) is 6.05. The minimum Gasteiger partial charge on any atom is -0.394 e. The van der Waals surface area contributed by atoms with Gasteiger partial charge in [0.1, 0.15) is 0 Å². The molecule has 0 saturated carbocycles. The van der Waals surface area contributed by atoms with Crippen LogP contribution in [-0.4, -0.2) is 41.7 Å². The van der Waals surface area contributed by atoms with E-state index < -0.39 is 0 Å². The van der Waals surface area contributed by atoms with Crippen molar-refractivity contribution in [1.29, 1.82) is 0 Å². The largest absolute Gasteiger partial charge is 0.394 e. The van der Waals surface area contributed by atoms with Crippen LogP contribution in [0.4, 0.5) is 0 Å². The van der Waals surface area contributed by atoms with Gasteiger partial charge in [-0.2, -0.15) is 0 Å². The van der Waals surface area contributed by atoms with E-state index >= 15 is 0 Å². The number of amides is 1. The van der Waals surface area contributed by atoms with Gasteiger partial charge in [0.15, 0.2) is 0 Å². The fourth-order valence-corrected chi connectivity index (χ4v) is 2.79. The van der Waals surface area contributed by atoms with E-state index in [1.165, 1.54) is 0 Å². The maximum atomic E-state index is 12.8. The first-order chi connectivity index (χ1) is 10.1. The molecule has 1 aliphatic rings. The van der Waals surface area contributed by atoms with Crippen LogP contribution in [0.25, 0.3) is 0 Å². The highest BCUT2D eigenvalue weighted by atomic mass is 16.3. The van der Waals surface area contributed by atoms with Crippen LogP contribution < -0.4 is 5.73 Å². The lowest BCUT2D eigenvalue weighted by molar-refractivity contribution is 0.0648. The zero-order chi connectivity index (χ0) is 15.4. The Morgan fingerprint density at radius 3 is 2.95 bits per heavy atom. The smallest absolute Gasteiger partial charge is 0.255 e. The van der Waals surface area contributed by atoms with Crippen LogP contribution in [0.2, 0.25) is 0 Å². The number of aliphatic hydroxyl groups is 1. The summed E-state index contributed by atoms with van der Waals surface area (Å²) in [6, 6.07) is 5.53. The van der Waals surface area contributed by atoms with E-state index in [4.69, 9.17) is 5.73 Å². The number of likely N-dealkylation sites (tertiary alicyclic amines) is 1. The number of benzene rings is 1. The highest BCUT2D eigenvalue weighted by molar-refractivity contribution is 5.97. The molecule has 4 nitrogen and oxygen atoms in total. The molecule has 112 valence electrons. The van der Waals surface area contributed by atoms with Gasteiger partial charge in [0, 0.05) is 12.1 Å². The molecule has 1 aliphatic heterocycles. The normalized spacial score (nSPS) is 21.0. The molecular weight excluding hydrogens is 264 g/mol. The summed E-state index contributed by atoms with van der Waals surface area (Å²) in [5.41, 5.74) is 7.78. The molecule has 0 aromatic heterocycles.